The Morgan fingerprint density at radius 3 is 2.38 bits per heavy atom. The third-order valence-corrected chi connectivity index (χ3v) is 4.23. The third-order valence-electron chi connectivity index (χ3n) is 4.23. The molecule has 1 aliphatic heterocycles. The van der Waals surface area contributed by atoms with Gasteiger partial charge in [0.1, 0.15) is 11.3 Å². The molecule has 1 amide bonds. The van der Waals surface area contributed by atoms with Crippen molar-refractivity contribution in [3.63, 3.8) is 0 Å². The molecule has 128 valence electrons. The Hall–Kier alpha value is -3.74. The molecule has 7 nitrogen and oxygen atoms in total. The average Bonchev–Trinajstić information content (AvgIpc) is 2.66. The van der Waals surface area contributed by atoms with Crippen molar-refractivity contribution < 1.29 is 14.7 Å². The number of fused-ring (bicyclic) bond motifs is 1. The molecule has 0 fully saturated rings. The average molecular weight is 347 g/mol. The van der Waals surface area contributed by atoms with E-state index in [0.717, 1.165) is 0 Å². The zero-order chi connectivity index (χ0) is 18.3. The molecule has 7 heteroatoms. The van der Waals surface area contributed by atoms with Crippen LogP contribution < -0.4 is 11.0 Å². The summed E-state index contributed by atoms with van der Waals surface area (Å²) in [5, 5.41) is 14.9. The van der Waals surface area contributed by atoms with Gasteiger partial charge in [-0.05, 0) is 24.3 Å². The summed E-state index contributed by atoms with van der Waals surface area (Å²) in [5.41, 5.74) is 2.64. The Labute approximate surface area is 147 Å². The highest BCUT2D eigenvalue weighted by molar-refractivity contribution is 6.42. The first-order valence-electron chi connectivity index (χ1n) is 7.90. The fraction of sp³-hybridized carbons (Fsp3) is 0.0526. The monoisotopic (exact) mass is 347 g/mol. The number of aromatic hydroxyl groups is 1. The second kappa shape index (κ2) is 5.96. The van der Waals surface area contributed by atoms with Crippen molar-refractivity contribution >= 4 is 28.3 Å². The van der Waals surface area contributed by atoms with Crippen LogP contribution in [-0.2, 0) is 9.59 Å². The second-order valence-corrected chi connectivity index (χ2v) is 5.82. The van der Waals surface area contributed by atoms with Crippen LogP contribution in [0, 0.1) is 0 Å². The van der Waals surface area contributed by atoms with E-state index in [1.165, 1.54) is 4.57 Å². The van der Waals surface area contributed by atoms with E-state index >= 15 is 0 Å². The molecule has 0 radical (unpaired) electrons. The van der Waals surface area contributed by atoms with Gasteiger partial charge in [0.15, 0.2) is 0 Å². The molecule has 2 N–H and O–H groups in total. The Morgan fingerprint density at radius 2 is 1.65 bits per heavy atom. The van der Waals surface area contributed by atoms with Gasteiger partial charge < -0.3 is 5.11 Å². The molecular formula is C19H13N3O4. The normalized spacial score (nSPS) is 14.2. The highest BCUT2D eigenvalue weighted by atomic mass is 16.3. The molecule has 1 aromatic heterocycles. The maximum atomic E-state index is 13.2. The van der Waals surface area contributed by atoms with Gasteiger partial charge in [0, 0.05) is 11.1 Å². The molecule has 26 heavy (non-hydrogen) atoms. The molecular weight excluding hydrogens is 334 g/mol. The van der Waals surface area contributed by atoms with Crippen molar-refractivity contribution in [3.8, 4) is 11.4 Å². The molecule has 2 heterocycles. The van der Waals surface area contributed by atoms with Gasteiger partial charge in [-0.2, -0.15) is 5.10 Å². The number of rotatable bonds is 2. The van der Waals surface area contributed by atoms with Crippen LogP contribution in [0.25, 0.3) is 16.6 Å². The van der Waals surface area contributed by atoms with Crippen LogP contribution in [0.2, 0.25) is 0 Å². The number of para-hydroxylation sites is 2. The summed E-state index contributed by atoms with van der Waals surface area (Å²) < 4.78 is 1.45. The van der Waals surface area contributed by atoms with E-state index in [0.29, 0.717) is 16.6 Å². The number of pyridine rings is 1. The van der Waals surface area contributed by atoms with Crippen molar-refractivity contribution in [2.24, 2.45) is 5.10 Å². The molecule has 0 saturated carbocycles. The SMILES string of the molecule is O=C1CC(c2c(O)c3ccccc3n(-c3ccccc3)c2=O)=NNC1=O. The lowest BCUT2D eigenvalue weighted by atomic mass is 10.0. The lowest BCUT2D eigenvalue weighted by Gasteiger charge is -2.17. The number of amides is 1. The summed E-state index contributed by atoms with van der Waals surface area (Å²) in [6.45, 7) is 0. The summed E-state index contributed by atoms with van der Waals surface area (Å²) in [6.07, 6.45) is -0.345. The van der Waals surface area contributed by atoms with Crippen molar-refractivity contribution in [3.05, 3.63) is 70.5 Å². The number of benzene rings is 2. The number of aromatic nitrogens is 1. The zero-order valence-corrected chi connectivity index (χ0v) is 13.5. The Morgan fingerprint density at radius 1 is 0.962 bits per heavy atom. The standard InChI is InChI=1S/C19H13N3O4/c23-15-10-13(20-21-18(15)25)16-17(24)12-8-4-5-9-14(12)22(19(16)26)11-6-2-1-3-7-11/h1-9,24H,10H2,(H,21,25). The summed E-state index contributed by atoms with van der Waals surface area (Å²) >= 11 is 0. The number of hydrogen-bond donors (Lipinski definition) is 2. The van der Waals surface area contributed by atoms with Gasteiger partial charge in [0.25, 0.3) is 5.56 Å². The van der Waals surface area contributed by atoms with Crippen LogP contribution in [0.1, 0.15) is 12.0 Å². The minimum Gasteiger partial charge on any atom is -0.506 e. The van der Waals surface area contributed by atoms with Crippen molar-refractivity contribution in [1.82, 2.24) is 9.99 Å². The maximum absolute atomic E-state index is 13.2. The van der Waals surface area contributed by atoms with Crippen LogP contribution in [-0.4, -0.2) is 27.1 Å². The van der Waals surface area contributed by atoms with Crippen LogP contribution in [0.3, 0.4) is 0 Å². The molecule has 0 spiro atoms. The van der Waals surface area contributed by atoms with Crippen LogP contribution in [0.15, 0.2) is 64.5 Å². The van der Waals surface area contributed by atoms with E-state index < -0.39 is 17.2 Å². The van der Waals surface area contributed by atoms with Gasteiger partial charge in [0.05, 0.1) is 17.6 Å². The zero-order valence-electron chi connectivity index (χ0n) is 13.5. The van der Waals surface area contributed by atoms with Gasteiger partial charge in [-0.1, -0.05) is 30.3 Å². The van der Waals surface area contributed by atoms with Crippen LogP contribution in [0.4, 0.5) is 0 Å². The van der Waals surface area contributed by atoms with E-state index in [2.05, 4.69) is 10.5 Å². The molecule has 0 unspecified atom stereocenters. The van der Waals surface area contributed by atoms with E-state index in [1.807, 2.05) is 6.07 Å². The number of ketones is 1. The minimum absolute atomic E-state index is 0.0348. The van der Waals surface area contributed by atoms with Crippen LogP contribution >= 0.6 is 0 Å². The Balaban J connectivity index is 2.08. The number of Topliss-reactive ketones (excluding diaryl/α,β-unsaturated/α-hetero) is 1. The van der Waals surface area contributed by atoms with Gasteiger partial charge in [0.2, 0.25) is 5.78 Å². The molecule has 0 aliphatic carbocycles. The first-order valence-corrected chi connectivity index (χ1v) is 7.90. The van der Waals surface area contributed by atoms with E-state index in [4.69, 9.17) is 0 Å². The topological polar surface area (TPSA) is 101 Å². The quantitative estimate of drug-likeness (QED) is 0.686. The number of nitrogens with zero attached hydrogens (tertiary/aromatic N) is 2. The first kappa shape index (κ1) is 15.8. The lowest BCUT2D eigenvalue weighted by molar-refractivity contribution is -0.137. The molecule has 4 rings (SSSR count). The minimum atomic E-state index is -0.836. The largest absolute Gasteiger partial charge is 0.506 e. The fourth-order valence-electron chi connectivity index (χ4n) is 3.02. The number of carbonyl (C=O) groups is 2. The molecule has 0 bridgehead atoms. The number of hydrazone groups is 1. The van der Waals surface area contributed by atoms with Gasteiger partial charge >= 0.3 is 5.91 Å². The van der Waals surface area contributed by atoms with Crippen molar-refractivity contribution in [2.75, 3.05) is 0 Å². The highest BCUT2D eigenvalue weighted by Gasteiger charge is 2.28. The predicted octanol–water partition coefficient (Wildman–Crippen LogP) is 1.49. The van der Waals surface area contributed by atoms with E-state index in [1.54, 1.807) is 48.5 Å². The summed E-state index contributed by atoms with van der Waals surface area (Å²) in [6, 6.07) is 15.9. The van der Waals surface area contributed by atoms with E-state index in [9.17, 15) is 19.5 Å². The molecule has 1 aliphatic rings. The fourth-order valence-corrected chi connectivity index (χ4v) is 3.02. The Bertz CT molecular complexity index is 1150. The number of hydrogen-bond acceptors (Lipinski definition) is 5. The second-order valence-electron chi connectivity index (χ2n) is 5.82. The molecule has 2 aromatic carbocycles. The maximum Gasteiger partial charge on any atom is 0.307 e. The summed E-state index contributed by atoms with van der Waals surface area (Å²) in [5.74, 6) is -1.81. The van der Waals surface area contributed by atoms with Gasteiger partial charge in [-0.3, -0.25) is 19.0 Å². The molecule has 3 aromatic rings. The highest BCUT2D eigenvalue weighted by Crippen LogP contribution is 2.29. The van der Waals surface area contributed by atoms with E-state index in [-0.39, 0.29) is 23.4 Å². The molecule has 0 saturated heterocycles. The summed E-state index contributed by atoms with van der Waals surface area (Å²) in [7, 11) is 0. The smallest absolute Gasteiger partial charge is 0.307 e. The van der Waals surface area contributed by atoms with Gasteiger partial charge in [-0.15, -0.1) is 0 Å². The first-order chi connectivity index (χ1) is 12.6. The number of nitrogens with one attached hydrogen (secondary N) is 1. The van der Waals surface area contributed by atoms with Crippen LogP contribution in [0.5, 0.6) is 5.75 Å². The predicted molar refractivity (Wildman–Crippen MR) is 95.5 cm³/mol. The molecule has 0 atom stereocenters. The lowest BCUT2D eigenvalue weighted by Crippen LogP contribution is -2.37. The van der Waals surface area contributed by atoms with Gasteiger partial charge in [-0.25, -0.2) is 5.43 Å². The number of carbonyl (C=O) groups excluding carboxylic acids is 2. The third kappa shape index (κ3) is 2.37. The van der Waals surface area contributed by atoms with Crippen molar-refractivity contribution in [1.29, 1.82) is 0 Å². The Kier molecular flexibility index (Phi) is 3.62. The van der Waals surface area contributed by atoms with Crippen molar-refractivity contribution in [2.45, 2.75) is 6.42 Å². The summed E-state index contributed by atoms with van der Waals surface area (Å²) in [4.78, 5) is 36.3.